The van der Waals surface area contributed by atoms with Crippen molar-refractivity contribution in [2.45, 2.75) is 12.1 Å². The van der Waals surface area contributed by atoms with E-state index in [2.05, 4.69) is 0 Å². The standard InChI is InChI=1S/C27H20N2O6/c30-25(19-6-3-11-33-19)24-22-21(23-17-5-2-1-4-15(17)9-10-28(23)24)26(31)29(27(22)32)16-7-8-18-20(14-16)35-13-12-34-18/h1-11,14,21-24H,12-13H2. The number of benzene rings is 2. The molecule has 2 amide bonds. The molecule has 5 heterocycles. The van der Waals surface area contributed by atoms with E-state index in [-0.39, 0.29) is 17.5 Å². The molecule has 0 radical (unpaired) electrons. The molecule has 8 heteroatoms. The van der Waals surface area contributed by atoms with Crippen LogP contribution in [-0.4, -0.2) is 41.8 Å². The van der Waals surface area contributed by atoms with Crippen molar-refractivity contribution < 1.29 is 28.3 Å². The Morgan fingerprint density at radius 2 is 1.69 bits per heavy atom. The van der Waals surface area contributed by atoms with Gasteiger partial charge in [0.25, 0.3) is 0 Å². The number of Topliss-reactive ketones (excluding diaryl/α,β-unsaturated/α-hetero) is 1. The maximum absolute atomic E-state index is 13.9. The van der Waals surface area contributed by atoms with Gasteiger partial charge in [-0.3, -0.25) is 14.4 Å². The van der Waals surface area contributed by atoms with Crippen LogP contribution in [0.15, 0.2) is 71.5 Å². The number of fused-ring (bicyclic) bond motifs is 6. The lowest BCUT2D eigenvalue weighted by atomic mass is 9.84. The molecule has 35 heavy (non-hydrogen) atoms. The van der Waals surface area contributed by atoms with Crippen molar-refractivity contribution in [2.75, 3.05) is 18.1 Å². The molecule has 0 saturated carbocycles. The molecule has 4 unspecified atom stereocenters. The highest BCUT2D eigenvalue weighted by Crippen LogP contribution is 2.54. The Morgan fingerprint density at radius 1 is 0.886 bits per heavy atom. The zero-order chi connectivity index (χ0) is 23.7. The average molecular weight is 468 g/mol. The number of imide groups is 1. The number of hydrogen-bond donors (Lipinski definition) is 0. The third-order valence-electron chi connectivity index (χ3n) is 7.28. The van der Waals surface area contributed by atoms with Gasteiger partial charge in [0.1, 0.15) is 19.3 Å². The van der Waals surface area contributed by atoms with Crippen molar-refractivity contribution in [3.63, 3.8) is 0 Å². The number of rotatable bonds is 3. The van der Waals surface area contributed by atoms with Crippen LogP contribution in [0.3, 0.4) is 0 Å². The van der Waals surface area contributed by atoms with Gasteiger partial charge in [-0.2, -0.15) is 0 Å². The highest BCUT2D eigenvalue weighted by molar-refractivity contribution is 6.24. The Kier molecular flexibility index (Phi) is 4.21. The van der Waals surface area contributed by atoms with Crippen molar-refractivity contribution in [3.05, 3.63) is 83.9 Å². The van der Waals surface area contributed by atoms with Gasteiger partial charge in [0.15, 0.2) is 17.3 Å². The second-order valence-electron chi connectivity index (χ2n) is 9.01. The Bertz CT molecular complexity index is 1410. The molecular formula is C27H20N2O6. The molecule has 4 aliphatic heterocycles. The lowest BCUT2D eigenvalue weighted by molar-refractivity contribution is -0.123. The van der Waals surface area contributed by atoms with Crippen molar-refractivity contribution in [1.29, 1.82) is 0 Å². The van der Waals surface area contributed by atoms with Crippen molar-refractivity contribution in [3.8, 4) is 11.5 Å². The number of amides is 2. The SMILES string of the molecule is O=C(c1ccco1)C1C2C(=O)N(c3ccc4c(c3)OCCO4)C(=O)C2C2c3ccccc3C=CN12. The normalized spacial score (nSPS) is 25.9. The van der Waals surface area contributed by atoms with Gasteiger partial charge in [0.05, 0.1) is 29.8 Å². The van der Waals surface area contributed by atoms with Gasteiger partial charge in [0, 0.05) is 12.3 Å². The monoisotopic (exact) mass is 468 g/mol. The number of ketones is 1. The number of hydrogen-bond acceptors (Lipinski definition) is 7. The fraction of sp³-hybridized carbons (Fsp3) is 0.222. The summed E-state index contributed by atoms with van der Waals surface area (Å²) in [5.74, 6) is -1.39. The molecule has 4 aliphatic rings. The summed E-state index contributed by atoms with van der Waals surface area (Å²) in [6.07, 6.45) is 5.18. The molecule has 3 aromatic rings. The topological polar surface area (TPSA) is 89.3 Å². The Morgan fingerprint density at radius 3 is 2.51 bits per heavy atom. The van der Waals surface area contributed by atoms with Crippen LogP contribution >= 0.6 is 0 Å². The zero-order valence-corrected chi connectivity index (χ0v) is 18.5. The first-order chi connectivity index (χ1) is 17.1. The van der Waals surface area contributed by atoms with E-state index in [0.717, 1.165) is 11.1 Å². The summed E-state index contributed by atoms with van der Waals surface area (Å²) in [5, 5.41) is 0. The van der Waals surface area contributed by atoms with Crippen LogP contribution in [0, 0.1) is 11.8 Å². The molecule has 8 nitrogen and oxygen atoms in total. The first-order valence-electron chi connectivity index (χ1n) is 11.5. The van der Waals surface area contributed by atoms with Crippen LogP contribution in [0.1, 0.15) is 27.7 Å². The maximum Gasteiger partial charge on any atom is 0.240 e. The fourth-order valence-corrected chi connectivity index (χ4v) is 5.85. The largest absolute Gasteiger partial charge is 0.486 e. The summed E-state index contributed by atoms with van der Waals surface area (Å²) in [6, 6.07) is 14.7. The zero-order valence-electron chi connectivity index (χ0n) is 18.5. The van der Waals surface area contributed by atoms with Crippen LogP contribution in [0.4, 0.5) is 5.69 Å². The molecule has 0 spiro atoms. The van der Waals surface area contributed by atoms with Gasteiger partial charge >= 0.3 is 0 Å². The second kappa shape index (κ2) is 7.33. The second-order valence-corrected chi connectivity index (χ2v) is 9.01. The quantitative estimate of drug-likeness (QED) is 0.430. The van der Waals surface area contributed by atoms with Crippen molar-refractivity contribution >= 4 is 29.4 Å². The van der Waals surface area contributed by atoms with E-state index in [0.29, 0.717) is 30.4 Å². The molecule has 174 valence electrons. The molecule has 2 aromatic carbocycles. The molecule has 0 aliphatic carbocycles. The first-order valence-corrected chi connectivity index (χ1v) is 11.5. The Hall–Kier alpha value is -4.33. The maximum atomic E-state index is 13.9. The molecule has 0 bridgehead atoms. The summed E-state index contributed by atoms with van der Waals surface area (Å²) >= 11 is 0. The summed E-state index contributed by atoms with van der Waals surface area (Å²) in [5.41, 5.74) is 2.30. The van der Waals surface area contributed by atoms with E-state index in [1.165, 1.54) is 11.2 Å². The average Bonchev–Trinajstić information content (AvgIpc) is 3.60. The van der Waals surface area contributed by atoms with Crippen molar-refractivity contribution in [2.24, 2.45) is 11.8 Å². The third kappa shape index (κ3) is 2.76. The Labute approximate surface area is 200 Å². The lowest BCUT2D eigenvalue weighted by Crippen LogP contribution is -2.44. The summed E-state index contributed by atoms with van der Waals surface area (Å²) in [7, 11) is 0. The number of anilines is 1. The number of carbonyl (C=O) groups is 3. The predicted octanol–water partition coefficient (Wildman–Crippen LogP) is 3.45. The van der Waals surface area contributed by atoms with Crippen LogP contribution in [-0.2, 0) is 9.59 Å². The summed E-state index contributed by atoms with van der Waals surface area (Å²) < 4.78 is 16.7. The minimum absolute atomic E-state index is 0.166. The molecule has 2 saturated heterocycles. The van der Waals surface area contributed by atoms with Crippen LogP contribution in [0.5, 0.6) is 11.5 Å². The van der Waals surface area contributed by atoms with E-state index in [1.807, 2.05) is 41.4 Å². The third-order valence-corrected chi connectivity index (χ3v) is 7.28. The van der Waals surface area contributed by atoms with E-state index in [9.17, 15) is 14.4 Å². The molecule has 1 aromatic heterocycles. The van der Waals surface area contributed by atoms with Gasteiger partial charge in [-0.15, -0.1) is 0 Å². The number of nitrogens with zero attached hydrogens (tertiary/aromatic N) is 2. The van der Waals surface area contributed by atoms with Crippen LogP contribution < -0.4 is 14.4 Å². The molecule has 7 rings (SSSR count). The van der Waals surface area contributed by atoms with Gasteiger partial charge in [-0.05, 0) is 41.5 Å². The predicted molar refractivity (Wildman–Crippen MR) is 124 cm³/mol. The van der Waals surface area contributed by atoms with Gasteiger partial charge in [0.2, 0.25) is 17.6 Å². The smallest absolute Gasteiger partial charge is 0.240 e. The lowest BCUT2D eigenvalue weighted by Gasteiger charge is -2.35. The minimum Gasteiger partial charge on any atom is -0.486 e. The van der Waals surface area contributed by atoms with E-state index < -0.39 is 29.8 Å². The van der Waals surface area contributed by atoms with Gasteiger partial charge in [-0.25, -0.2) is 4.90 Å². The van der Waals surface area contributed by atoms with Crippen LogP contribution in [0.2, 0.25) is 0 Å². The van der Waals surface area contributed by atoms with Gasteiger partial charge < -0.3 is 18.8 Å². The fourth-order valence-electron chi connectivity index (χ4n) is 5.85. The van der Waals surface area contributed by atoms with E-state index >= 15 is 0 Å². The molecule has 0 N–H and O–H groups in total. The first kappa shape index (κ1) is 20.1. The van der Waals surface area contributed by atoms with Gasteiger partial charge in [-0.1, -0.05) is 24.3 Å². The minimum atomic E-state index is -0.862. The van der Waals surface area contributed by atoms with Crippen molar-refractivity contribution in [1.82, 2.24) is 4.90 Å². The number of furan rings is 1. The highest BCUT2D eigenvalue weighted by atomic mass is 16.6. The van der Waals surface area contributed by atoms with Crippen LogP contribution in [0.25, 0.3) is 6.08 Å². The highest BCUT2D eigenvalue weighted by Gasteiger charge is 2.64. The summed E-state index contributed by atoms with van der Waals surface area (Å²) in [6.45, 7) is 0.836. The number of carbonyl (C=O) groups excluding carboxylic acids is 3. The number of ether oxygens (including phenoxy) is 2. The molecule has 4 atom stereocenters. The molecule has 2 fully saturated rings. The van der Waals surface area contributed by atoms with E-state index in [4.69, 9.17) is 13.9 Å². The van der Waals surface area contributed by atoms with E-state index in [1.54, 1.807) is 30.3 Å². The molecular weight excluding hydrogens is 448 g/mol. The Balaban J connectivity index is 1.35. The summed E-state index contributed by atoms with van der Waals surface area (Å²) in [4.78, 5) is 44.5.